The standard InChI is InChI=1S/C24H33NO2S/c1-24(2,3)22-9-11-23(12-10-22)28(26,27)18-15-20-13-16-25(17-14-20)19-21-7-5-4-6-8-21/h4-12,20H,13-19H2,1-3H3. The van der Waals surface area contributed by atoms with E-state index >= 15 is 0 Å². The summed E-state index contributed by atoms with van der Waals surface area (Å²) >= 11 is 0. The van der Waals surface area contributed by atoms with Gasteiger partial charge in [-0.3, -0.25) is 4.90 Å². The second-order valence-corrected chi connectivity index (χ2v) is 11.2. The Balaban J connectivity index is 1.49. The van der Waals surface area contributed by atoms with Gasteiger partial charge in [0.05, 0.1) is 10.6 Å². The highest BCUT2D eigenvalue weighted by Gasteiger charge is 2.23. The van der Waals surface area contributed by atoms with E-state index in [-0.39, 0.29) is 11.2 Å². The van der Waals surface area contributed by atoms with Gasteiger partial charge in [0.2, 0.25) is 0 Å². The molecule has 3 rings (SSSR count). The Morgan fingerprint density at radius 3 is 2.11 bits per heavy atom. The van der Waals surface area contributed by atoms with Crippen molar-refractivity contribution in [3.63, 3.8) is 0 Å². The van der Waals surface area contributed by atoms with Crippen LogP contribution in [-0.2, 0) is 21.8 Å². The number of piperidine rings is 1. The quantitative estimate of drug-likeness (QED) is 0.681. The lowest BCUT2D eigenvalue weighted by Gasteiger charge is -2.32. The van der Waals surface area contributed by atoms with Gasteiger partial charge in [-0.1, -0.05) is 63.2 Å². The summed E-state index contributed by atoms with van der Waals surface area (Å²) < 4.78 is 25.5. The molecule has 0 bridgehead atoms. The van der Waals surface area contributed by atoms with Crippen LogP contribution in [0.3, 0.4) is 0 Å². The minimum absolute atomic E-state index is 0.0377. The molecule has 0 aliphatic carbocycles. The molecule has 1 heterocycles. The fraction of sp³-hybridized carbons (Fsp3) is 0.500. The van der Waals surface area contributed by atoms with Crippen LogP contribution in [0.15, 0.2) is 59.5 Å². The molecule has 3 nitrogen and oxygen atoms in total. The lowest BCUT2D eigenvalue weighted by molar-refractivity contribution is 0.175. The van der Waals surface area contributed by atoms with E-state index in [0.29, 0.717) is 10.8 Å². The highest BCUT2D eigenvalue weighted by molar-refractivity contribution is 7.91. The summed E-state index contributed by atoms with van der Waals surface area (Å²) in [5.41, 5.74) is 2.55. The van der Waals surface area contributed by atoms with Gasteiger partial charge in [0.15, 0.2) is 9.84 Å². The zero-order chi connectivity index (χ0) is 20.2. The molecule has 0 atom stereocenters. The average Bonchev–Trinajstić information content (AvgIpc) is 2.68. The van der Waals surface area contributed by atoms with E-state index in [1.807, 2.05) is 18.2 Å². The monoisotopic (exact) mass is 399 g/mol. The first-order chi connectivity index (χ1) is 13.2. The van der Waals surface area contributed by atoms with E-state index in [9.17, 15) is 8.42 Å². The number of hydrogen-bond donors (Lipinski definition) is 0. The van der Waals surface area contributed by atoms with Gasteiger partial charge in [-0.15, -0.1) is 0 Å². The van der Waals surface area contributed by atoms with Gasteiger partial charge in [0.25, 0.3) is 0 Å². The molecule has 0 amide bonds. The molecule has 28 heavy (non-hydrogen) atoms. The third-order valence-electron chi connectivity index (χ3n) is 5.83. The predicted octanol–water partition coefficient (Wildman–Crippen LogP) is 5.06. The Hall–Kier alpha value is -1.65. The summed E-state index contributed by atoms with van der Waals surface area (Å²) in [5.74, 6) is 0.765. The lowest BCUT2D eigenvalue weighted by Crippen LogP contribution is -2.33. The van der Waals surface area contributed by atoms with Crippen molar-refractivity contribution in [2.75, 3.05) is 18.8 Å². The van der Waals surface area contributed by atoms with Crippen molar-refractivity contribution in [2.24, 2.45) is 5.92 Å². The van der Waals surface area contributed by atoms with Gasteiger partial charge >= 0.3 is 0 Å². The molecule has 1 aliphatic rings. The number of hydrogen-bond acceptors (Lipinski definition) is 3. The number of sulfone groups is 1. The molecule has 152 valence electrons. The largest absolute Gasteiger partial charge is 0.299 e. The zero-order valence-corrected chi connectivity index (χ0v) is 18.2. The molecule has 0 aromatic heterocycles. The molecule has 0 spiro atoms. The maximum atomic E-state index is 12.7. The van der Waals surface area contributed by atoms with Crippen LogP contribution in [0.1, 0.15) is 51.2 Å². The SMILES string of the molecule is CC(C)(C)c1ccc(S(=O)(=O)CCC2CCN(Cc3ccccc3)CC2)cc1. The molecule has 0 radical (unpaired) electrons. The zero-order valence-electron chi connectivity index (χ0n) is 17.4. The van der Waals surface area contributed by atoms with Gasteiger partial charge in [-0.05, 0) is 66.9 Å². The van der Waals surface area contributed by atoms with Crippen molar-refractivity contribution in [1.82, 2.24) is 4.90 Å². The summed E-state index contributed by atoms with van der Waals surface area (Å²) in [7, 11) is -3.20. The molecule has 1 fully saturated rings. The molecule has 1 aliphatic heterocycles. The van der Waals surface area contributed by atoms with Crippen molar-refractivity contribution in [3.05, 3.63) is 65.7 Å². The van der Waals surface area contributed by atoms with Gasteiger partial charge in [-0.25, -0.2) is 8.42 Å². The Morgan fingerprint density at radius 1 is 0.929 bits per heavy atom. The Kier molecular flexibility index (Phi) is 6.61. The van der Waals surface area contributed by atoms with Crippen LogP contribution in [0.2, 0.25) is 0 Å². The fourth-order valence-corrected chi connectivity index (χ4v) is 5.31. The van der Waals surface area contributed by atoms with Gasteiger partial charge in [-0.2, -0.15) is 0 Å². The van der Waals surface area contributed by atoms with E-state index in [1.54, 1.807) is 12.1 Å². The molecule has 1 saturated heterocycles. The molecule has 2 aromatic rings. The minimum Gasteiger partial charge on any atom is -0.299 e. The van der Waals surface area contributed by atoms with Gasteiger partial charge < -0.3 is 0 Å². The van der Waals surface area contributed by atoms with Crippen molar-refractivity contribution >= 4 is 9.84 Å². The Morgan fingerprint density at radius 2 is 1.54 bits per heavy atom. The average molecular weight is 400 g/mol. The predicted molar refractivity (Wildman–Crippen MR) is 116 cm³/mol. The van der Waals surface area contributed by atoms with E-state index in [1.165, 1.54) is 5.56 Å². The Bertz CT molecular complexity index is 844. The third-order valence-corrected chi connectivity index (χ3v) is 7.59. The molecule has 2 aromatic carbocycles. The number of rotatable bonds is 6. The smallest absolute Gasteiger partial charge is 0.178 e. The highest BCUT2D eigenvalue weighted by Crippen LogP contribution is 2.26. The summed E-state index contributed by atoms with van der Waals surface area (Å²) in [4.78, 5) is 2.94. The molecule has 0 N–H and O–H groups in total. The second kappa shape index (κ2) is 8.79. The first-order valence-corrected chi connectivity index (χ1v) is 12.0. The summed E-state index contributed by atoms with van der Waals surface area (Å²) in [6.07, 6.45) is 2.94. The van der Waals surface area contributed by atoms with Gasteiger partial charge in [0.1, 0.15) is 0 Å². The molecule has 0 unspecified atom stereocenters. The van der Waals surface area contributed by atoms with E-state index < -0.39 is 9.84 Å². The normalized spacial score (nSPS) is 17.0. The van der Waals surface area contributed by atoms with E-state index in [0.717, 1.165) is 44.5 Å². The lowest BCUT2D eigenvalue weighted by atomic mass is 9.87. The summed E-state index contributed by atoms with van der Waals surface area (Å²) in [5, 5.41) is 0. The van der Waals surface area contributed by atoms with Crippen LogP contribution in [0, 0.1) is 5.92 Å². The highest BCUT2D eigenvalue weighted by atomic mass is 32.2. The van der Waals surface area contributed by atoms with Crippen LogP contribution >= 0.6 is 0 Å². The third kappa shape index (κ3) is 5.68. The van der Waals surface area contributed by atoms with Crippen molar-refractivity contribution in [3.8, 4) is 0 Å². The van der Waals surface area contributed by atoms with E-state index in [4.69, 9.17) is 0 Å². The number of likely N-dealkylation sites (tertiary alicyclic amines) is 1. The fourth-order valence-electron chi connectivity index (χ4n) is 3.88. The Labute approximate surface area is 170 Å². The van der Waals surface area contributed by atoms with Crippen LogP contribution in [0.5, 0.6) is 0 Å². The van der Waals surface area contributed by atoms with Crippen LogP contribution < -0.4 is 0 Å². The van der Waals surface area contributed by atoms with Crippen molar-refractivity contribution in [2.45, 2.75) is 56.9 Å². The maximum absolute atomic E-state index is 12.7. The molecule has 4 heteroatoms. The maximum Gasteiger partial charge on any atom is 0.178 e. The first-order valence-electron chi connectivity index (χ1n) is 10.3. The first kappa shape index (κ1) is 21.1. The topological polar surface area (TPSA) is 37.4 Å². The molecule has 0 saturated carbocycles. The van der Waals surface area contributed by atoms with Crippen LogP contribution in [-0.4, -0.2) is 32.2 Å². The minimum atomic E-state index is -3.20. The van der Waals surface area contributed by atoms with Crippen molar-refractivity contribution in [1.29, 1.82) is 0 Å². The van der Waals surface area contributed by atoms with Crippen LogP contribution in [0.25, 0.3) is 0 Å². The van der Waals surface area contributed by atoms with Crippen LogP contribution in [0.4, 0.5) is 0 Å². The second-order valence-electron chi connectivity index (χ2n) is 9.09. The van der Waals surface area contributed by atoms with E-state index in [2.05, 4.69) is 49.9 Å². The summed E-state index contributed by atoms with van der Waals surface area (Å²) in [6, 6.07) is 18.0. The number of benzene rings is 2. The van der Waals surface area contributed by atoms with Gasteiger partial charge in [0, 0.05) is 6.54 Å². The van der Waals surface area contributed by atoms with Crippen molar-refractivity contribution < 1.29 is 8.42 Å². The molecular formula is C24H33NO2S. The molecular weight excluding hydrogens is 366 g/mol. The number of nitrogens with zero attached hydrogens (tertiary/aromatic N) is 1. The summed E-state index contributed by atoms with van der Waals surface area (Å²) in [6.45, 7) is 9.52.